The highest BCUT2D eigenvalue weighted by Crippen LogP contribution is 2.23. The maximum atomic E-state index is 9.50. The molecule has 0 aliphatic carbocycles. The van der Waals surface area contributed by atoms with E-state index in [2.05, 4.69) is 36.0 Å². The predicted molar refractivity (Wildman–Crippen MR) is 76.0 cm³/mol. The van der Waals surface area contributed by atoms with Crippen molar-refractivity contribution in [3.8, 4) is 0 Å². The van der Waals surface area contributed by atoms with Gasteiger partial charge in [0.25, 0.3) is 0 Å². The zero-order chi connectivity index (χ0) is 13.1. The van der Waals surface area contributed by atoms with E-state index in [0.717, 1.165) is 24.7 Å². The molecule has 1 atom stereocenters. The molecule has 1 N–H and O–H groups in total. The van der Waals surface area contributed by atoms with Crippen LogP contribution in [0.5, 0.6) is 0 Å². The van der Waals surface area contributed by atoms with Crippen LogP contribution in [0.2, 0.25) is 0 Å². The highest BCUT2D eigenvalue weighted by Gasteiger charge is 2.20. The van der Waals surface area contributed by atoms with E-state index in [9.17, 15) is 5.11 Å². The molecule has 100 valence electrons. The van der Waals surface area contributed by atoms with E-state index in [4.69, 9.17) is 0 Å². The SMILES string of the molecule is C[C@H](O)c1ccc(N2CCC(N(C)C)CC2)cc1. The number of hydrogen-bond acceptors (Lipinski definition) is 3. The van der Waals surface area contributed by atoms with Crippen molar-refractivity contribution in [3.63, 3.8) is 0 Å². The Bertz CT molecular complexity index is 365. The quantitative estimate of drug-likeness (QED) is 0.889. The Balaban J connectivity index is 1.97. The maximum absolute atomic E-state index is 9.50. The number of rotatable bonds is 3. The maximum Gasteiger partial charge on any atom is 0.0761 e. The Kier molecular flexibility index (Phi) is 4.25. The Morgan fingerprint density at radius 3 is 2.17 bits per heavy atom. The molecule has 3 nitrogen and oxygen atoms in total. The minimum Gasteiger partial charge on any atom is -0.389 e. The molecule has 0 spiro atoms. The molecule has 1 saturated heterocycles. The highest BCUT2D eigenvalue weighted by atomic mass is 16.3. The second-order valence-electron chi connectivity index (χ2n) is 5.45. The van der Waals surface area contributed by atoms with E-state index in [1.165, 1.54) is 18.5 Å². The van der Waals surface area contributed by atoms with Crippen molar-refractivity contribution >= 4 is 5.69 Å². The third kappa shape index (κ3) is 3.03. The van der Waals surface area contributed by atoms with E-state index in [0.29, 0.717) is 0 Å². The largest absolute Gasteiger partial charge is 0.389 e. The van der Waals surface area contributed by atoms with Crippen LogP contribution in [-0.4, -0.2) is 43.2 Å². The fourth-order valence-corrected chi connectivity index (χ4v) is 2.60. The number of benzene rings is 1. The van der Waals surface area contributed by atoms with Gasteiger partial charge in [-0.25, -0.2) is 0 Å². The molecule has 1 aromatic carbocycles. The lowest BCUT2D eigenvalue weighted by atomic mass is 10.0. The average Bonchev–Trinajstić information content (AvgIpc) is 2.39. The lowest BCUT2D eigenvalue weighted by molar-refractivity contribution is 0.199. The Hall–Kier alpha value is -1.06. The van der Waals surface area contributed by atoms with Crippen LogP contribution in [0.3, 0.4) is 0 Å². The summed E-state index contributed by atoms with van der Waals surface area (Å²) in [6.07, 6.45) is 2.08. The van der Waals surface area contributed by atoms with Crippen molar-refractivity contribution in [2.24, 2.45) is 0 Å². The molecule has 1 aromatic rings. The first-order valence-corrected chi connectivity index (χ1v) is 6.77. The van der Waals surface area contributed by atoms with Gasteiger partial charge in [-0.1, -0.05) is 12.1 Å². The van der Waals surface area contributed by atoms with Gasteiger partial charge in [-0.15, -0.1) is 0 Å². The summed E-state index contributed by atoms with van der Waals surface area (Å²) in [6.45, 7) is 4.05. The van der Waals surface area contributed by atoms with Gasteiger partial charge >= 0.3 is 0 Å². The molecule has 0 radical (unpaired) electrons. The summed E-state index contributed by atoms with van der Waals surface area (Å²) in [4.78, 5) is 4.76. The smallest absolute Gasteiger partial charge is 0.0761 e. The fraction of sp³-hybridized carbons (Fsp3) is 0.600. The highest BCUT2D eigenvalue weighted by molar-refractivity contribution is 5.48. The molecular formula is C15H24N2O. The normalized spacial score (nSPS) is 19.3. The number of aliphatic hydroxyl groups excluding tert-OH is 1. The first-order chi connectivity index (χ1) is 8.58. The van der Waals surface area contributed by atoms with Crippen LogP contribution in [0, 0.1) is 0 Å². The van der Waals surface area contributed by atoms with Crippen LogP contribution < -0.4 is 4.90 Å². The van der Waals surface area contributed by atoms with Gasteiger partial charge in [0.1, 0.15) is 0 Å². The van der Waals surface area contributed by atoms with Gasteiger partial charge in [0.15, 0.2) is 0 Å². The molecule has 1 fully saturated rings. The summed E-state index contributed by atoms with van der Waals surface area (Å²) in [6, 6.07) is 9.02. The van der Waals surface area contributed by atoms with E-state index in [-0.39, 0.29) is 6.10 Å². The van der Waals surface area contributed by atoms with Crippen LogP contribution in [0.25, 0.3) is 0 Å². The van der Waals surface area contributed by atoms with Crippen LogP contribution >= 0.6 is 0 Å². The van der Waals surface area contributed by atoms with Gasteiger partial charge in [0.2, 0.25) is 0 Å². The Labute approximate surface area is 110 Å². The second kappa shape index (κ2) is 5.72. The Morgan fingerprint density at radius 1 is 1.17 bits per heavy atom. The first kappa shape index (κ1) is 13.4. The van der Waals surface area contributed by atoms with Crippen molar-refractivity contribution in [2.45, 2.75) is 31.9 Å². The Morgan fingerprint density at radius 2 is 1.72 bits per heavy atom. The van der Waals surface area contributed by atoms with Gasteiger partial charge in [-0.3, -0.25) is 0 Å². The molecule has 18 heavy (non-hydrogen) atoms. The van der Waals surface area contributed by atoms with Crippen molar-refractivity contribution in [1.29, 1.82) is 0 Å². The third-order valence-corrected chi connectivity index (χ3v) is 3.94. The number of anilines is 1. The molecule has 0 bridgehead atoms. The molecule has 0 aromatic heterocycles. The van der Waals surface area contributed by atoms with Crippen LogP contribution in [0.15, 0.2) is 24.3 Å². The van der Waals surface area contributed by atoms with E-state index in [1.54, 1.807) is 6.92 Å². The summed E-state index contributed by atoms with van der Waals surface area (Å²) in [5, 5.41) is 9.50. The minimum absolute atomic E-state index is 0.376. The summed E-state index contributed by atoms with van der Waals surface area (Å²) >= 11 is 0. The fourth-order valence-electron chi connectivity index (χ4n) is 2.60. The molecule has 1 aliphatic rings. The zero-order valence-corrected chi connectivity index (χ0v) is 11.6. The number of hydrogen-bond donors (Lipinski definition) is 1. The van der Waals surface area contributed by atoms with E-state index in [1.807, 2.05) is 12.1 Å². The average molecular weight is 248 g/mol. The van der Waals surface area contributed by atoms with Gasteiger partial charge < -0.3 is 14.9 Å². The van der Waals surface area contributed by atoms with Crippen LogP contribution in [0.1, 0.15) is 31.4 Å². The predicted octanol–water partition coefficient (Wildman–Crippen LogP) is 2.27. The van der Waals surface area contributed by atoms with E-state index < -0.39 is 0 Å². The van der Waals surface area contributed by atoms with Gasteiger partial charge in [0.05, 0.1) is 6.10 Å². The van der Waals surface area contributed by atoms with Crippen molar-refractivity contribution in [1.82, 2.24) is 4.90 Å². The van der Waals surface area contributed by atoms with Gasteiger partial charge in [-0.05, 0) is 51.6 Å². The zero-order valence-electron chi connectivity index (χ0n) is 11.6. The number of nitrogens with zero attached hydrogens (tertiary/aromatic N) is 2. The molecule has 2 rings (SSSR count). The first-order valence-electron chi connectivity index (χ1n) is 6.77. The van der Waals surface area contributed by atoms with Crippen molar-refractivity contribution in [3.05, 3.63) is 29.8 Å². The molecule has 0 amide bonds. The summed E-state index contributed by atoms with van der Waals surface area (Å²) in [7, 11) is 4.33. The van der Waals surface area contributed by atoms with Crippen molar-refractivity contribution < 1.29 is 5.11 Å². The molecule has 1 aliphatic heterocycles. The summed E-state index contributed by atoms with van der Waals surface area (Å²) in [5.74, 6) is 0. The third-order valence-electron chi connectivity index (χ3n) is 3.94. The monoisotopic (exact) mass is 248 g/mol. The molecule has 0 saturated carbocycles. The van der Waals surface area contributed by atoms with Gasteiger partial charge in [-0.2, -0.15) is 0 Å². The van der Waals surface area contributed by atoms with Crippen LogP contribution in [-0.2, 0) is 0 Å². The topological polar surface area (TPSA) is 26.7 Å². The number of piperidine rings is 1. The summed E-state index contributed by atoms with van der Waals surface area (Å²) in [5.41, 5.74) is 2.26. The molecule has 3 heteroatoms. The van der Waals surface area contributed by atoms with Crippen molar-refractivity contribution in [2.75, 3.05) is 32.1 Å². The lowest BCUT2D eigenvalue weighted by Gasteiger charge is -2.36. The van der Waals surface area contributed by atoms with E-state index >= 15 is 0 Å². The molecule has 0 unspecified atom stereocenters. The number of aliphatic hydroxyl groups is 1. The standard InChI is InChI=1S/C15H24N2O/c1-12(18)13-4-6-15(7-5-13)17-10-8-14(9-11-17)16(2)3/h4-7,12,14,18H,8-11H2,1-3H3/t12-/m0/s1. The summed E-state index contributed by atoms with van der Waals surface area (Å²) < 4.78 is 0. The molecule has 1 heterocycles. The minimum atomic E-state index is -0.376. The lowest BCUT2D eigenvalue weighted by Crippen LogP contribution is -2.41. The second-order valence-corrected chi connectivity index (χ2v) is 5.45. The van der Waals surface area contributed by atoms with Crippen LogP contribution in [0.4, 0.5) is 5.69 Å². The van der Waals surface area contributed by atoms with Gasteiger partial charge in [0, 0.05) is 24.8 Å². The molecular weight excluding hydrogens is 224 g/mol.